The molecule has 1 aromatic carbocycles. The van der Waals surface area contributed by atoms with E-state index in [-0.39, 0.29) is 11.5 Å². The van der Waals surface area contributed by atoms with E-state index in [4.69, 9.17) is 16.3 Å². The second-order valence-corrected chi connectivity index (χ2v) is 6.33. The molecule has 1 aromatic rings. The van der Waals surface area contributed by atoms with Crippen molar-refractivity contribution < 1.29 is 9.53 Å². The number of nitrogens with zero attached hydrogens (tertiary/aromatic N) is 1. The number of morpholine rings is 1. The SMILES string of the molecule is O=C(N1C[C@@H]2C[C@H]1CO2)C1(c2ccc(Cl)cc2)CC1. The van der Waals surface area contributed by atoms with Crippen LogP contribution in [-0.2, 0) is 14.9 Å². The molecule has 0 spiro atoms. The average Bonchev–Trinajstić information content (AvgIpc) is 2.96. The van der Waals surface area contributed by atoms with Crippen molar-refractivity contribution in [2.45, 2.75) is 36.8 Å². The molecule has 4 heteroatoms. The number of carbonyl (C=O) groups excluding carboxylic acids is 1. The second-order valence-electron chi connectivity index (χ2n) is 5.89. The lowest BCUT2D eigenvalue weighted by Crippen LogP contribution is -2.46. The van der Waals surface area contributed by atoms with Gasteiger partial charge in [-0.05, 0) is 37.0 Å². The fourth-order valence-corrected chi connectivity index (χ4v) is 3.57. The quantitative estimate of drug-likeness (QED) is 0.831. The minimum atomic E-state index is -0.269. The number of ether oxygens (including phenoxy) is 1. The number of fused-ring (bicyclic) bond motifs is 2. The Morgan fingerprint density at radius 2 is 2.05 bits per heavy atom. The van der Waals surface area contributed by atoms with Crippen LogP contribution >= 0.6 is 11.6 Å². The molecule has 1 amide bonds. The second kappa shape index (κ2) is 3.97. The molecule has 0 N–H and O–H groups in total. The molecule has 2 atom stereocenters. The minimum Gasteiger partial charge on any atom is -0.374 e. The van der Waals surface area contributed by atoms with E-state index in [0.29, 0.717) is 18.6 Å². The highest BCUT2D eigenvalue weighted by Crippen LogP contribution is 2.51. The molecule has 3 aliphatic rings. The van der Waals surface area contributed by atoms with Gasteiger partial charge in [-0.15, -0.1) is 0 Å². The predicted octanol–water partition coefficient (Wildman–Crippen LogP) is 2.37. The molecule has 3 fully saturated rings. The molecule has 19 heavy (non-hydrogen) atoms. The number of likely N-dealkylation sites (tertiary alicyclic amines) is 1. The van der Waals surface area contributed by atoms with Crippen molar-refractivity contribution in [3.63, 3.8) is 0 Å². The van der Waals surface area contributed by atoms with Gasteiger partial charge in [-0.1, -0.05) is 23.7 Å². The zero-order valence-electron chi connectivity index (χ0n) is 10.6. The Morgan fingerprint density at radius 1 is 1.32 bits per heavy atom. The summed E-state index contributed by atoms with van der Waals surface area (Å²) < 4.78 is 5.58. The lowest BCUT2D eigenvalue weighted by molar-refractivity contribution is -0.138. The Labute approximate surface area is 117 Å². The fourth-order valence-electron chi connectivity index (χ4n) is 3.44. The molecule has 0 unspecified atom stereocenters. The van der Waals surface area contributed by atoms with E-state index in [9.17, 15) is 4.79 Å². The van der Waals surface area contributed by atoms with E-state index in [2.05, 4.69) is 4.90 Å². The maximum atomic E-state index is 12.8. The van der Waals surface area contributed by atoms with Crippen molar-refractivity contribution >= 4 is 17.5 Å². The summed E-state index contributed by atoms with van der Waals surface area (Å²) in [4.78, 5) is 14.9. The first-order chi connectivity index (χ1) is 9.19. The zero-order valence-corrected chi connectivity index (χ0v) is 11.4. The Hall–Kier alpha value is -1.06. The molecule has 0 aromatic heterocycles. The predicted molar refractivity (Wildman–Crippen MR) is 72.2 cm³/mol. The van der Waals surface area contributed by atoms with Crippen LogP contribution in [0, 0.1) is 0 Å². The van der Waals surface area contributed by atoms with Crippen LogP contribution in [0.3, 0.4) is 0 Å². The summed E-state index contributed by atoms with van der Waals surface area (Å²) >= 11 is 5.93. The molecule has 1 aliphatic carbocycles. The number of hydrogen-bond acceptors (Lipinski definition) is 2. The van der Waals surface area contributed by atoms with E-state index in [0.717, 1.165) is 36.4 Å². The Balaban J connectivity index is 1.61. The summed E-state index contributed by atoms with van der Waals surface area (Å²) in [5, 5.41) is 0.723. The number of rotatable bonds is 2. The summed E-state index contributed by atoms with van der Waals surface area (Å²) in [7, 11) is 0. The molecule has 0 radical (unpaired) electrons. The highest BCUT2D eigenvalue weighted by molar-refractivity contribution is 6.30. The number of benzene rings is 1. The van der Waals surface area contributed by atoms with Crippen LogP contribution in [0.4, 0.5) is 0 Å². The van der Waals surface area contributed by atoms with Crippen LogP contribution in [0.5, 0.6) is 0 Å². The Kier molecular flexibility index (Phi) is 2.45. The fraction of sp³-hybridized carbons (Fsp3) is 0.533. The summed E-state index contributed by atoms with van der Waals surface area (Å²) in [6.07, 6.45) is 3.21. The average molecular weight is 278 g/mol. The van der Waals surface area contributed by atoms with Crippen LogP contribution in [0.2, 0.25) is 5.02 Å². The van der Waals surface area contributed by atoms with Crippen LogP contribution in [0.25, 0.3) is 0 Å². The molecule has 2 aliphatic heterocycles. The van der Waals surface area contributed by atoms with E-state index in [1.807, 2.05) is 24.3 Å². The van der Waals surface area contributed by atoms with Crippen molar-refractivity contribution in [1.29, 1.82) is 0 Å². The first-order valence-electron chi connectivity index (χ1n) is 6.88. The molecule has 4 rings (SSSR count). The lowest BCUT2D eigenvalue weighted by atomic mass is 9.94. The molecule has 2 bridgehead atoms. The van der Waals surface area contributed by atoms with Crippen molar-refractivity contribution in [2.75, 3.05) is 13.2 Å². The van der Waals surface area contributed by atoms with Gasteiger partial charge in [-0.3, -0.25) is 4.79 Å². The number of amides is 1. The van der Waals surface area contributed by atoms with Crippen molar-refractivity contribution in [1.82, 2.24) is 4.90 Å². The monoisotopic (exact) mass is 277 g/mol. The summed E-state index contributed by atoms with van der Waals surface area (Å²) in [6.45, 7) is 1.49. The molecular weight excluding hydrogens is 262 g/mol. The van der Waals surface area contributed by atoms with Crippen LogP contribution in [0.15, 0.2) is 24.3 Å². The number of halogens is 1. The van der Waals surface area contributed by atoms with Gasteiger partial charge in [0.1, 0.15) is 0 Å². The summed E-state index contributed by atoms with van der Waals surface area (Å²) in [5.74, 6) is 0.297. The van der Waals surface area contributed by atoms with Gasteiger partial charge in [0.05, 0.1) is 24.2 Å². The minimum absolute atomic E-state index is 0.269. The highest BCUT2D eigenvalue weighted by Gasteiger charge is 2.56. The van der Waals surface area contributed by atoms with Crippen LogP contribution in [-0.4, -0.2) is 36.1 Å². The lowest BCUT2D eigenvalue weighted by Gasteiger charge is -2.31. The first-order valence-corrected chi connectivity index (χ1v) is 7.25. The van der Waals surface area contributed by atoms with Crippen molar-refractivity contribution in [3.05, 3.63) is 34.9 Å². The van der Waals surface area contributed by atoms with Crippen molar-refractivity contribution in [2.24, 2.45) is 0 Å². The molecule has 2 heterocycles. The van der Waals surface area contributed by atoms with Gasteiger partial charge in [-0.2, -0.15) is 0 Å². The molecule has 1 saturated carbocycles. The first kappa shape index (κ1) is 11.7. The maximum Gasteiger partial charge on any atom is 0.233 e. The molecule has 100 valence electrons. The normalized spacial score (nSPS) is 30.7. The molecular formula is C15H16ClNO2. The topological polar surface area (TPSA) is 29.5 Å². The van der Waals surface area contributed by atoms with Gasteiger partial charge >= 0.3 is 0 Å². The van der Waals surface area contributed by atoms with Gasteiger partial charge in [0.25, 0.3) is 0 Å². The third-order valence-electron chi connectivity index (χ3n) is 4.72. The van der Waals surface area contributed by atoms with Gasteiger partial charge in [0, 0.05) is 11.6 Å². The Morgan fingerprint density at radius 3 is 2.58 bits per heavy atom. The third-order valence-corrected chi connectivity index (χ3v) is 4.97. The molecule has 2 saturated heterocycles. The Bertz CT molecular complexity index is 523. The molecule has 3 nitrogen and oxygen atoms in total. The van der Waals surface area contributed by atoms with Gasteiger partial charge in [0.15, 0.2) is 0 Å². The largest absolute Gasteiger partial charge is 0.374 e. The number of carbonyl (C=O) groups is 1. The van der Waals surface area contributed by atoms with Crippen molar-refractivity contribution in [3.8, 4) is 0 Å². The van der Waals surface area contributed by atoms with Gasteiger partial charge < -0.3 is 9.64 Å². The summed E-state index contributed by atoms with van der Waals surface area (Å²) in [6, 6.07) is 8.06. The van der Waals surface area contributed by atoms with E-state index >= 15 is 0 Å². The zero-order chi connectivity index (χ0) is 13.0. The van der Waals surface area contributed by atoms with Gasteiger partial charge in [0.2, 0.25) is 5.91 Å². The summed E-state index contributed by atoms with van der Waals surface area (Å²) in [5.41, 5.74) is 0.848. The standard InChI is InChI=1S/C15H16ClNO2/c16-11-3-1-10(2-4-11)15(5-6-15)14(18)17-8-13-7-12(17)9-19-13/h1-4,12-13H,5-9H2/t12-,13-/m0/s1. The van der Waals surface area contributed by atoms with Crippen LogP contribution in [0.1, 0.15) is 24.8 Å². The van der Waals surface area contributed by atoms with E-state index < -0.39 is 0 Å². The van der Waals surface area contributed by atoms with E-state index in [1.54, 1.807) is 0 Å². The van der Waals surface area contributed by atoms with Crippen LogP contribution < -0.4 is 0 Å². The smallest absolute Gasteiger partial charge is 0.233 e. The number of hydrogen-bond donors (Lipinski definition) is 0. The third kappa shape index (κ3) is 1.72. The maximum absolute atomic E-state index is 12.8. The van der Waals surface area contributed by atoms with E-state index in [1.165, 1.54) is 0 Å². The van der Waals surface area contributed by atoms with Gasteiger partial charge in [-0.25, -0.2) is 0 Å². The highest BCUT2D eigenvalue weighted by atomic mass is 35.5.